The standard InChI is InChI=1S/C17H19FN2/c1-13(12-19-16-5-3-2-4-6-16)20-10-9-14-7-8-15(18)11-17(14)20/h2-8,11,13,19H,9-10,12H2,1H3. The van der Waals surface area contributed by atoms with Gasteiger partial charge in [0.2, 0.25) is 0 Å². The third kappa shape index (κ3) is 2.62. The van der Waals surface area contributed by atoms with Crippen LogP contribution in [0.15, 0.2) is 48.5 Å². The molecule has 3 heteroatoms. The Kier molecular flexibility index (Phi) is 3.59. The van der Waals surface area contributed by atoms with E-state index in [1.807, 2.05) is 24.3 Å². The molecule has 0 spiro atoms. The molecule has 1 heterocycles. The number of rotatable bonds is 4. The molecular weight excluding hydrogens is 251 g/mol. The van der Waals surface area contributed by atoms with E-state index < -0.39 is 0 Å². The monoisotopic (exact) mass is 270 g/mol. The Morgan fingerprint density at radius 2 is 2.00 bits per heavy atom. The lowest BCUT2D eigenvalue weighted by Crippen LogP contribution is -2.36. The van der Waals surface area contributed by atoms with Crippen LogP contribution in [0.5, 0.6) is 0 Å². The lowest BCUT2D eigenvalue weighted by atomic mass is 10.1. The molecule has 104 valence electrons. The van der Waals surface area contributed by atoms with Crippen LogP contribution in [0.25, 0.3) is 0 Å². The van der Waals surface area contributed by atoms with Gasteiger partial charge in [0.25, 0.3) is 0 Å². The number of hydrogen-bond acceptors (Lipinski definition) is 2. The first-order chi connectivity index (χ1) is 9.74. The Hall–Kier alpha value is -2.03. The Balaban J connectivity index is 1.67. The highest BCUT2D eigenvalue weighted by Gasteiger charge is 2.23. The van der Waals surface area contributed by atoms with Crippen molar-refractivity contribution in [3.63, 3.8) is 0 Å². The van der Waals surface area contributed by atoms with Crippen LogP contribution in [0.3, 0.4) is 0 Å². The summed E-state index contributed by atoms with van der Waals surface area (Å²) in [6.07, 6.45) is 1.01. The van der Waals surface area contributed by atoms with E-state index in [4.69, 9.17) is 0 Å². The summed E-state index contributed by atoms with van der Waals surface area (Å²) in [5.74, 6) is -0.154. The van der Waals surface area contributed by atoms with E-state index in [0.717, 1.165) is 30.9 Å². The van der Waals surface area contributed by atoms with E-state index in [0.29, 0.717) is 6.04 Å². The van der Waals surface area contributed by atoms with Gasteiger partial charge < -0.3 is 10.2 Å². The van der Waals surface area contributed by atoms with Gasteiger partial charge in [-0.3, -0.25) is 0 Å². The quantitative estimate of drug-likeness (QED) is 0.911. The van der Waals surface area contributed by atoms with Crippen molar-refractivity contribution in [3.05, 3.63) is 59.9 Å². The van der Waals surface area contributed by atoms with Crippen LogP contribution in [-0.4, -0.2) is 19.1 Å². The summed E-state index contributed by atoms with van der Waals surface area (Å²) in [5, 5.41) is 3.43. The van der Waals surface area contributed by atoms with Gasteiger partial charge in [-0.1, -0.05) is 24.3 Å². The molecule has 20 heavy (non-hydrogen) atoms. The molecule has 0 saturated heterocycles. The summed E-state index contributed by atoms with van der Waals surface area (Å²) >= 11 is 0. The zero-order valence-electron chi connectivity index (χ0n) is 11.6. The van der Waals surface area contributed by atoms with E-state index in [-0.39, 0.29) is 5.82 Å². The maximum absolute atomic E-state index is 13.4. The highest BCUT2D eigenvalue weighted by atomic mass is 19.1. The van der Waals surface area contributed by atoms with E-state index in [1.54, 1.807) is 12.1 Å². The van der Waals surface area contributed by atoms with Crippen LogP contribution < -0.4 is 10.2 Å². The average Bonchev–Trinajstić information content (AvgIpc) is 2.89. The highest BCUT2D eigenvalue weighted by molar-refractivity contribution is 5.59. The fourth-order valence-corrected chi connectivity index (χ4v) is 2.77. The Labute approximate surface area is 119 Å². The van der Waals surface area contributed by atoms with Crippen molar-refractivity contribution in [3.8, 4) is 0 Å². The number of anilines is 2. The van der Waals surface area contributed by atoms with Crippen LogP contribution in [0, 0.1) is 5.82 Å². The minimum Gasteiger partial charge on any atom is -0.383 e. The fraction of sp³-hybridized carbons (Fsp3) is 0.294. The number of nitrogens with one attached hydrogen (secondary N) is 1. The number of para-hydroxylation sites is 1. The maximum Gasteiger partial charge on any atom is 0.125 e. The Bertz CT molecular complexity index is 583. The van der Waals surface area contributed by atoms with Crippen molar-refractivity contribution in [2.45, 2.75) is 19.4 Å². The van der Waals surface area contributed by atoms with E-state index >= 15 is 0 Å². The van der Waals surface area contributed by atoms with Crippen LogP contribution >= 0.6 is 0 Å². The van der Waals surface area contributed by atoms with Crippen molar-refractivity contribution < 1.29 is 4.39 Å². The maximum atomic E-state index is 13.4. The van der Waals surface area contributed by atoms with Crippen molar-refractivity contribution in [1.29, 1.82) is 0 Å². The molecule has 0 saturated carbocycles. The van der Waals surface area contributed by atoms with Gasteiger partial charge in [0, 0.05) is 30.5 Å². The topological polar surface area (TPSA) is 15.3 Å². The summed E-state index contributed by atoms with van der Waals surface area (Å²) in [5.41, 5.74) is 3.42. The fourth-order valence-electron chi connectivity index (χ4n) is 2.77. The lowest BCUT2D eigenvalue weighted by molar-refractivity contribution is 0.625. The zero-order chi connectivity index (χ0) is 13.9. The number of halogens is 1. The molecule has 2 aromatic rings. The summed E-state index contributed by atoms with van der Waals surface area (Å²) in [4.78, 5) is 2.29. The molecule has 1 aliphatic heterocycles. The second kappa shape index (κ2) is 5.53. The van der Waals surface area contributed by atoms with Gasteiger partial charge in [0.05, 0.1) is 0 Å². The molecule has 3 rings (SSSR count). The van der Waals surface area contributed by atoms with Gasteiger partial charge in [-0.2, -0.15) is 0 Å². The summed E-state index contributed by atoms with van der Waals surface area (Å²) in [6.45, 7) is 3.99. The first kappa shape index (κ1) is 13.0. The van der Waals surface area contributed by atoms with Gasteiger partial charge in [-0.15, -0.1) is 0 Å². The molecule has 0 amide bonds. The molecule has 1 atom stereocenters. The molecule has 0 radical (unpaired) electrons. The smallest absolute Gasteiger partial charge is 0.125 e. The minimum atomic E-state index is -0.154. The van der Waals surface area contributed by atoms with Gasteiger partial charge in [0.15, 0.2) is 0 Å². The van der Waals surface area contributed by atoms with Gasteiger partial charge >= 0.3 is 0 Å². The van der Waals surface area contributed by atoms with Crippen molar-refractivity contribution in [2.75, 3.05) is 23.3 Å². The predicted octanol–water partition coefficient (Wildman–Crippen LogP) is 3.69. The second-order valence-corrected chi connectivity index (χ2v) is 5.31. The third-order valence-electron chi connectivity index (χ3n) is 3.89. The first-order valence-corrected chi connectivity index (χ1v) is 7.08. The molecule has 1 aliphatic rings. The molecule has 2 aromatic carbocycles. The van der Waals surface area contributed by atoms with Gasteiger partial charge in [0.1, 0.15) is 5.82 Å². The third-order valence-corrected chi connectivity index (χ3v) is 3.89. The number of benzene rings is 2. The van der Waals surface area contributed by atoms with Crippen LogP contribution in [0.1, 0.15) is 12.5 Å². The van der Waals surface area contributed by atoms with Crippen molar-refractivity contribution in [1.82, 2.24) is 0 Å². The highest BCUT2D eigenvalue weighted by Crippen LogP contribution is 2.30. The Morgan fingerprint density at radius 1 is 1.20 bits per heavy atom. The molecule has 0 bridgehead atoms. The lowest BCUT2D eigenvalue weighted by Gasteiger charge is -2.28. The number of fused-ring (bicyclic) bond motifs is 1. The van der Waals surface area contributed by atoms with E-state index in [9.17, 15) is 4.39 Å². The number of nitrogens with zero attached hydrogens (tertiary/aromatic N) is 1. The largest absolute Gasteiger partial charge is 0.383 e. The SMILES string of the molecule is CC(CNc1ccccc1)N1CCc2ccc(F)cc21. The van der Waals surface area contributed by atoms with Crippen LogP contribution in [0.4, 0.5) is 15.8 Å². The normalized spacial score (nSPS) is 15.0. The molecule has 0 aromatic heterocycles. The molecule has 1 unspecified atom stereocenters. The zero-order valence-corrected chi connectivity index (χ0v) is 11.6. The van der Waals surface area contributed by atoms with Crippen LogP contribution in [-0.2, 0) is 6.42 Å². The van der Waals surface area contributed by atoms with E-state index in [2.05, 4.69) is 29.3 Å². The second-order valence-electron chi connectivity index (χ2n) is 5.31. The van der Waals surface area contributed by atoms with Crippen molar-refractivity contribution >= 4 is 11.4 Å². The van der Waals surface area contributed by atoms with Gasteiger partial charge in [-0.05, 0) is 43.2 Å². The van der Waals surface area contributed by atoms with E-state index in [1.165, 1.54) is 5.56 Å². The summed E-state index contributed by atoms with van der Waals surface area (Å²) in [6, 6.07) is 15.6. The Morgan fingerprint density at radius 3 is 2.80 bits per heavy atom. The molecule has 0 aliphatic carbocycles. The molecule has 2 nitrogen and oxygen atoms in total. The van der Waals surface area contributed by atoms with Crippen molar-refractivity contribution in [2.24, 2.45) is 0 Å². The average molecular weight is 270 g/mol. The molecule has 1 N–H and O–H groups in total. The molecular formula is C17H19FN2. The number of hydrogen-bond donors (Lipinski definition) is 1. The summed E-state index contributed by atoms with van der Waals surface area (Å²) < 4.78 is 13.4. The first-order valence-electron chi connectivity index (χ1n) is 7.08. The van der Waals surface area contributed by atoms with Gasteiger partial charge in [-0.25, -0.2) is 4.39 Å². The molecule has 0 fully saturated rings. The predicted molar refractivity (Wildman–Crippen MR) is 81.8 cm³/mol. The van der Waals surface area contributed by atoms with Crippen LogP contribution in [0.2, 0.25) is 0 Å². The minimum absolute atomic E-state index is 0.154. The summed E-state index contributed by atoms with van der Waals surface area (Å²) in [7, 11) is 0.